The van der Waals surface area contributed by atoms with Gasteiger partial charge in [0.15, 0.2) is 11.3 Å². The molecule has 0 bridgehead atoms. The zero-order valence-electron chi connectivity index (χ0n) is 16.5. The van der Waals surface area contributed by atoms with Gasteiger partial charge in [-0.25, -0.2) is 28.1 Å². The van der Waals surface area contributed by atoms with Crippen LogP contribution in [0.3, 0.4) is 0 Å². The van der Waals surface area contributed by atoms with E-state index < -0.39 is 5.92 Å². The average molecular weight is 414 g/mol. The largest absolute Gasteiger partial charge is 0.330 e. The lowest BCUT2D eigenvalue weighted by Gasteiger charge is -2.28. The van der Waals surface area contributed by atoms with Crippen LogP contribution in [0.2, 0.25) is 0 Å². The van der Waals surface area contributed by atoms with E-state index >= 15 is 0 Å². The predicted octanol–water partition coefficient (Wildman–Crippen LogP) is 2.98. The Kier molecular flexibility index (Phi) is 4.09. The number of imidazole rings is 1. The van der Waals surface area contributed by atoms with Crippen molar-refractivity contribution in [2.75, 3.05) is 5.32 Å². The van der Waals surface area contributed by atoms with Gasteiger partial charge >= 0.3 is 5.69 Å². The molecular weight excluding hydrogens is 394 g/mol. The first-order chi connectivity index (χ1) is 14.3. The molecule has 4 aromatic rings. The van der Waals surface area contributed by atoms with Crippen LogP contribution < -0.4 is 11.0 Å². The number of hydrogen-bond acceptors (Lipinski definition) is 6. The van der Waals surface area contributed by atoms with Crippen LogP contribution in [0.4, 0.5) is 20.4 Å². The fraction of sp³-hybridized carbons (Fsp3) is 0.421. The molecule has 0 spiro atoms. The molecule has 5 rings (SSSR count). The normalized spacial score (nSPS) is 17.1. The summed E-state index contributed by atoms with van der Waals surface area (Å²) in [7, 11) is 1.64. The van der Waals surface area contributed by atoms with E-state index in [4.69, 9.17) is 0 Å². The maximum Gasteiger partial charge on any atom is 0.330 e. The molecule has 11 heteroatoms. The summed E-state index contributed by atoms with van der Waals surface area (Å²) in [6.07, 6.45) is 4.84. The number of hydrogen-bond donors (Lipinski definition) is 1. The van der Waals surface area contributed by atoms with E-state index in [0.717, 1.165) is 16.9 Å². The monoisotopic (exact) mass is 414 g/mol. The molecule has 30 heavy (non-hydrogen) atoms. The molecule has 0 aromatic carbocycles. The molecule has 0 saturated heterocycles. The molecule has 156 valence electrons. The fourth-order valence-corrected chi connectivity index (χ4v) is 4.02. The first-order valence-corrected chi connectivity index (χ1v) is 9.71. The van der Waals surface area contributed by atoms with Crippen LogP contribution >= 0.6 is 0 Å². The molecule has 0 amide bonds. The Morgan fingerprint density at radius 2 is 2.00 bits per heavy atom. The topological polar surface area (TPSA) is 94.9 Å². The molecule has 1 aliphatic carbocycles. The maximum absolute atomic E-state index is 13.6. The second kappa shape index (κ2) is 6.57. The van der Waals surface area contributed by atoms with Crippen LogP contribution in [-0.2, 0) is 7.05 Å². The number of aryl methyl sites for hydroxylation is 2. The molecular formula is C19H20F2N8O. The van der Waals surface area contributed by atoms with Crippen LogP contribution in [0.25, 0.3) is 16.8 Å². The lowest BCUT2D eigenvalue weighted by Crippen LogP contribution is -2.32. The number of nitrogens with one attached hydrogen (secondary N) is 1. The highest BCUT2D eigenvalue weighted by atomic mass is 19.3. The number of halogens is 2. The summed E-state index contributed by atoms with van der Waals surface area (Å²) < 4.78 is 31.8. The molecule has 0 radical (unpaired) electrons. The minimum absolute atomic E-state index is 0.228. The highest BCUT2D eigenvalue weighted by Gasteiger charge is 2.37. The molecule has 0 aliphatic heterocycles. The molecule has 1 N–H and O–H groups in total. The predicted molar refractivity (Wildman–Crippen MR) is 106 cm³/mol. The fourth-order valence-electron chi connectivity index (χ4n) is 4.02. The van der Waals surface area contributed by atoms with Crippen LogP contribution in [0, 0.1) is 6.92 Å². The molecule has 1 fully saturated rings. The van der Waals surface area contributed by atoms with Gasteiger partial charge < -0.3 is 5.32 Å². The summed E-state index contributed by atoms with van der Waals surface area (Å²) in [5.74, 6) is -2.35. The van der Waals surface area contributed by atoms with Crippen LogP contribution in [-0.4, -0.2) is 39.6 Å². The summed E-state index contributed by atoms with van der Waals surface area (Å²) in [4.78, 5) is 25.9. The molecule has 0 unspecified atom stereocenters. The molecule has 4 aromatic heterocycles. The number of nitrogens with zero attached hydrogens (tertiary/aromatic N) is 7. The SMILES string of the molecule is Cc1cc2ncnn2cc1Nc1ncc2c(n1)n(C1CCC(F)(F)CC1)c(=O)n2C. The minimum Gasteiger partial charge on any atom is -0.323 e. The second-order valence-corrected chi connectivity index (χ2v) is 7.76. The summed E-state index contributed by atoms with van der Waals surface area (Å²) in [6, 6.07) is 1.57. The Morgan fingerprint density at radius 1 is 1.23 bits per heavy atom. The van der Waals surface area contributed by atoms with E-state index in [1.54, 1.807) is 24.0 Å². The van der Waals surface area contributed by atoms with Gasteiger partial charge in [-0.2, -0.15) is 10.1 Å². The quantitative estimate of drug-likeness (QED) is 0.554. The van der Waals surface area contributed by atoms with Gasteiger partial charge in [-0.3, -0.25) is 9.13 Å². The first kappa shape index (κ1) is 18.6. The van der Waals surface area contributed by atoms with Gasteiger partial charge in [0.05, 0.1) is 18.1 Å². The highest BCUT2D eigenvalue weighted by molar-refractivity contribution is 5.73. The van der Waals surface area contributed by atoms with Crippen LogP contribution in [0.15, 0.2) is 29.6 Å². The summed E-state index contributed by atoms with van der Waals surface area (Å²) in [5.41, 5.74) is 3.13. The van der Waals surface area contributed by atoms with Gasteiger partial charge in [-0.15, -0.1) is 0 Å². The van der Waals surface area contributed by atoms with Crippen molar-refractivity contribution in [2.24, 2.45) is 7.05 Å². The molecule has 1 saturated carbocycles. The maximum atomic E-state index is 13.6. The van der Waals surface area contributed by atoms with E-state index in [1.165, 1.54) is 15.5 Å². The van der Waals surface area contributed by atoms with Gasteiger partial charge in [-0.05, 0) is 31.4 Å². The number of rotatable bonds is 3. The first-order valence-electron chi connectivity index (χ1n) is 9.71. The molecule has 9 nitrogen and oxygen atoms in total. The van der Waals surface area contributed by atoms with Crippen molar-refractivity contribution < 1.29 is 8.78 Å². The van der Waals surface area contributed by atoms with Crippen molar-refractivity contribution in [2.45, 2.75) is 44.6 Å². The zero-order chi connectivity index (χ0) is 21.0. The Bertz CT molecular complexity index is 1310. The van der Waals surface area contributed by atoms with Crippen molar-refractivity contribution in [3.05, 3.63) is 40.8 Å². The van der Waals surface area contributed by atoms with Crippen LogP contribution in [0.5, 0.6) is 0 Å². The van der Waals surface area contributed by atoms with Crippen molar-refractivity contribution >= 4 is 28.4 Å². The third-order valence-electron chi connectivity index (χ3n) is 5.75. The highest BCUT2D eigenvalue weighted by Crippen LogP contribution is 2.38. The Balaban J connectivity index is 1.54. The molecule has 1 aliphatic rings. The van der Waals surface area contributed by atoms with Gasteiger partial charge in [0.2, 0.25) is 11.9 Å². The zero-order valence-corrected chi connectivity index (χ0v) is 16.5. The van der Waals surface area contributed by atoms with E-state index in [9.17, 15) is 13.6 Å². The van der Waals surface area contributed by atoms with Crippen molar-refractivity contribution in [1.29, 1.82) is 0 Å². The van der Waals surface area contributed by atoms with E-state index in [1.807, 2.05) is 13.0 Å². The van der Waals surface area contributed by atoms with Crippen molar-refractivity contribution in [1.82, 2.24) is 33.7 Å². The van der Waals surface area contributed by atoms with Gasteiger partial charge in [0.25, 0.3) is 0 Å². The standard InChI is InChI=1S/C19H20F2N8O/c1-11-7-15-23-10-24-28(15)9-13(11)25-17-22-8-14-16(26-17)29(18(30)27(14)2)12-3-5-19(20,21)6-4-12/h7-10,12H,3-6H2,1-2H3,(H,22,25,26). The lowest BCUT2D eigenvalue weighted by atomic mass is 9.92. The van der Waals surface area contributed by atoms with E-state index in [2.05, 4.69) is 25.4 Å². The van der Waals surface area contributed by atoms with Crippen LogP contribution in [0.1, 0.15) is 37.3 Å². The van der Waals surface area contributed by atoms with Gasteiger partial charge in [-0.1, -0.05) is 0 Å². The van der Waals surface area contributed by atoms with Gasteiger partial charge in [0, 0.05) is 25.9 Å². The summed E-state index contributed by atoms with van der Waals surface area (Å²) in [6.45, 7) is 1.93. The number of pyridine rings is 1. The average Bonchev–Trinajstić information content (AvgIpc) is 3.25. The smallest absolute Gasteiger partial charge is 0.323 e. The number of aromatic nitrogens is 7. The number of alkyl halides is 2. The minimum atomic E-state index is -2.66. The second-order valence-electron chi connectivity index (χ2n) is 7.76. The Morgan fingerprint density at radius 3 is 2.77 bits per heavy atom. The summed E-state index contributed by atoms with van der Waals surface area (Å²) >= 11 is 0. The lowest BCUT2D eigenvalue weighted by molar-refractivity contribution is -0.0439. The van der Waals surface area contributed by atoms with Crippen molar-refractivity contribution in [3.8, 4) is 0 Å². The van der Waals surface area contributed by atoms with Gasteiger partial charge in [0.1, 0.15) is 11.8 Å². The van der Waals surface area contributed by atoms with E-state index in [0.29, 0.717) is 17.1 Å². The van der Waals surface area contributed by atoms with E-state index in [-0.39, 0.29) is 37.4 Å². The number of fused-ring (bicyclic) bond motifs is 2. The Hall–Kier alpha value is -3.37. The van der Waals surface area contributed by atoms with Crippen molar-refractivity contribution in [3.63, 3.8) is 0 Å². The third kappa shape index (κ3) is 3.01. The Labute approximate surface area is 169 Å². The molecule has 4 heterocycles. The third-order valence-corrected chi connectivity index (χ3v) is 5.75. The molecule has 0 atom stereocenters. The summed E-state index contributed by atoms with van der Waals surface area (Å²) in [5, 5.41) is 7.29. The number of anilines is 2.